The fourth-order valence-corrected chi connectivity index (χ4v) is 1.61. The number of methoxy groups -OCH3 is 1. The Morgan fingerprint density at radius 2 is 1.82 bits per heavy atom. The van der Waals surface area contributed by atoms with Crippen LogP contribution in [-0.2, 0) is 17.9 Å². The van der Waals surface area contributed by atoms with E-state index in [9.17, 15) is 0 Å². The number of ether oxygens (including phenoxy) is 1. The molecular weight excluding hydrogens is 214 g/mol. The van der Waals surface area contributed by atoms with Gasteiger partial charge in [-0.2, -0.15) is 0 Å². The predicted octanol–water partition coefficient (Wildman–Crippen LogP) is 2.24. The highest BCUT2D eigenvalue weighted by Gasteiger charge is 2.01. The minimum Gasteiger partial charge on any atom is -0.380 e. The maximum absolute atomic E-state index is 5.17. The Balaban J connectivity index is 2.03. The summed E-state index contributed by atoms with van der Waals surface area (Å²) in [5, 5.41) is 3.28. The van der Waals surface area contributed by atoms with Gasteiger partial charge in [-0.1, -0.05) is 24.3 Å². The van der Waals surface area contributed by atoms with Gasteiger partial charge in [0.05, 0.1) is 24.7 Å². The SMILES string of the molecule is COCc1ccccc1CNc1cncnc1. The fraction of sp³-hybridized carbons (Fsp3) is 0.231. The third-order valence-electron chi connectivity index (χ3n) is 2.46. The summed E-state index contributed by atoms with van der Waals surface area (Å²) in [6.45, 7) is 1.37. The molecule has 1 aromatic carbocycles. The molecule has 2 rings (SSSR count). The van der Waals surface area contributed by atoms with E-state index in [0.29, 0.717) is 6.61 Å². The Labute approximate surface area is 101 Å². The van der Waals surface area contributed by atoms with Gasteiger partial charge in [-0.3, -0.25) is 0 Å². The van der Waals surface area contributed by atoms with Crippen molar-refractivity contribution in [1.82, 2.24) is 9.97 Å². The lowest BCUT2D eigenvalue weighted by Gasteiger charge is -2.10. The van der Waals surface area contributed by atoms with Gasteiger partial charge in [0.15, 0.2) is 0 Å². The Kier molecular flexibility index (Phi) is 4.05. The molecule has 1 N–H and O–H groups in total. The first kappa shape index (κ1) is 11.5. The summed E-state index contributed by atoms with van der Waals surface area (Å²) in [5.41, 5.74) is 3.33. The van der Waals surface area contributed by atoms with Crippen LogP contribution in [0, 0.1) is 0 Å². The molecular formula is C13H15N3O. The molecule has 0 bridgehead atoms. The number of rotatable bonds is 5. The number of anilines is 1. The van der Waals surface area contributed by atoms with Crippen molar-refractivity contribution in [3.63, 3.8) is 0 Å². The van der Waals surface area contributed by atoms with Crippen molar-refractivity contribution in [2.24, 2.45) is 0 Å². The fourth-order valence-electron chi connectivity index (χ4n) is 1.61. The van der Waals surface area contributed by atoms with Crippen LogP contribution in [0.15, 0.2) is 43.0 Å². The van der Waals surface area contributed by atoms with Gasteiger partial charge < -0.3 is 10.1 Å². The van der Waals surface area contributed by atoms with Crippen LogP contribution in [0.2, 0.25) is 0 Å². The second kappa shape index (κ2) is 5.96. The summed E-state index contributed by atoms with van der Waals surface area (Å²) < 4.78 is 5.17. The van der Waals surface area contributed by atoms with Crippen molar-refractivity contribution in [3.8, 4) is 0 Å². The van der Waals surface area contributed by atoms with E-state index in [0.717, 1.165) is 12.2 Å². The van der Waals surface area contributed by atoms with Crippen LogP contribution >= 0.6 is 0 Å². The van der Waals surface area contributed by atoms with Crippen LogP contribution in [0.3, 0.4) is 0 Å². The van der Waals surface area contributed by atoms with Crippen molar-refractivity contribution < 1.29 is 4.74 Å². The maximum Gasteiger partial charge on any atom is 0.115 e. The molecule has 0 aliphatic carbocycles. The Morgan fingerprint density at radius 1 is 1.12 bits per heavy atom. The van der Waals surface area contributed by atoms with Gasteiger partial charge in [0.2, 0.25) is 0 Å². The molecule has 0 atom stereocenters. The molecule has 0 radical (unpaired) electrons. The van der Waals surface area contributed by atoms with Crippen LogP contribution in [0.5, 0.6) is 0 Å². The number of aromatic nitrogens is 2. The summed E-state index contributed by atoms with van der Waals surface area (Å²) in [6.07, 6.45) is 5.03. The first-order chi connectivity index (χ1) is 8.40. The van der Waals surface area contributed by atoms with E-state index in [-0.39, 0.29) is 0 Å². The minimum atomic E-state index is 0.628. The lowest BCUT2D eigenvalue weighted by molar-refractivity contribution is 0.184. The van der Waals surface area contributed by atoms with Gasteiger partial charge in [-0.05, 0) is 11.1 Å². The lowest BCUT2D eigenvalue weighted by atomic mass is 10.1. The average molecular weight is 229 g/mol. The summed E-state index contributed by atoms with van der Waals surface area (Å²) in [6, 6.07) is 8.20. The molecule has 4 heteroatoms. The highest BCUT2D eigenvalue weighted by Crippen LogP contribution is 2.12. The van der Waals surface area contributed by atoms with Crippen molar-refractivity contribution in [2.45, 2.75) is 13.2 Å². The zero-order chi connectivity index (χ0) is 11.9. The molecule has 17 heavy (non-hydrogen) atoms. The molecule has 88 valence electrons. The Bertz CT molecular complexity index is 459. The summed E-state index contributed by atoms with van der Waals surface area (Å²) in [7, 11) is 1.70. The zero-order valence-electron chi connectivity index (χ0n) is 9.76. The average Bonchev–Trinajstić information content (AvgIpc) is 2.39. The highest BCUT2D eigenvalue weighted by atomic mass is 16.5. The van der Waals surface area contributed by atoms with Crippen LogP contribution in [-0.4, -0.2) is 17.1 Å². The van der Waals surface area contributed by atoms with E-state index in [4.69, 9.17) is 4.74 Å². The zero-order valence-corrected chi connectivity index (χ0v) is 9.76. The normalized spacial score (nSPS) is 10.2. The number of nitrogens with one attached hydrogen (secondary N) is 1. The van der Waals surface area contributed by atoms with E-state index < -0.39 is 0 Å². The third kappa shape index (κ3) is 3.26. The van der Waals surface area contributed by atoms with E-state index in [2.05, 4.69) is 27.4 Å². The molecule has 1 aromatic heterocycles. The van der Waals surface area contributed by atoms with Crippen molar-refractivity contribution >= 4 is 5.69 Å². The van der Waals surface area contributed by atoms with E-state index in [1.54, 1.807) is 19.5 Å². The van der Waals surface area contributed by atoms with E-state index >= 15 is 0 Å². The number of hydrogen-bond donors (Lipinski definition) is 1. The maximum atomic E-state index is 5.17. The first-order valence-electron chi connectivity index (χ1n) is 5.45. The number of hydrogen-bond acceptors (Lipinski definition) is 4. The van der Waals surface area contributed by atoms with Crippen molar-refractivity contribution in [3.05, 3.63) is 54.1 Å². The molecule has 4 nitrogen and oxygen atoms in total. The predicted molar refractivity (Wildman–Crippen MR) is 66.5 cm³/mol. The van der Waals surface area contributed by atoms with Crippen LogP contribution in [0.1, 0.15) is 11.1 Å². The molecule has 0 saturated heterocycles. The van der Waals surface area contributed by atoms with Gasteiger partial charge in [0.1, 0.15) is 6.33 Å². The van der Waals surface area contributed by atoms with E-state index in [1.807, 2.05) is 12.1 Å². The molecule has 0 fully saturated rings. The Morgan fingerprint density at radius 3 is 2.53 bits per heavy atom. The largest absolute Gasteiger partial charge is 0.380 e. The van der Waals surface area contributed by atoms with Crippen LogP contribution in [0.4, 0.5) is 5.69 Å². The number of nitrogens with zero attached hydrogens (tertiary/aromatic N) is 2. The second-order valence-corrected chi connectivity index (χ2v) is 3.68. The van der Waals surface area contributed by atoms with Gasteiger partial charge in [-0.15, -0.1) is 0 Å². The molecule has 0 aliphatic rings. The highest BCUT2D eigenvalue weighted by molar-refractivity contribution is 5.39. The first-order valence-corrected chi connectivity index (χ1v) is 5.45. The minimum absolute atomic E-state index is 0.628. The van der Waals surface area contributed by atoms with E-state index in [1.165, 1.54) is 17.5 Å². The van der Waals surface area contributed by atoms with Crippen LogP contribution in [0.25, 0.3) is 0 Å². The number of benzene rings is 1. The van der Waals surface area contributed by atoms with Gasteiger partial charge in [0, 0.05) is 13.7 Å². The molecule has 0 unspecified atom stereocenters. The summed E-state index contributed by atoms with van der Waals surface area (Å²) in [4.78, 5) is 7.91. The topological polar surface area (TPSA) is 47.0 Å². The standard InChI is InChI=1S/C13H15N3O/c1-17-9-12-5-3-2-4-11(12)6-16-13-7-14-10-15-8-13/h2-5,7-8,10,16H,6,9H2,1H3. The summed E-state index contributed by atoms with van der Waals surface area (Å²) >= 11 is 0. The summed E-state index contributed by atoms with van der Waals surface area (Å²) in [5.74, 6) is 0. The molecule has 2 aromatic rings. The molecule has 1 heterocycles. The van der Waals surface area contributed by atoms with Gasteiger partial charge in [0.25, 0.3) is 0 Å². The smallest absolute Gasteiger partial charge is 0.115 e. The lowest BCUT2D eigenvalue weighted by Crippen LogP contribution is -2.04. The molecule has 0 saturated carbocycles. The van der Waals surface area contributed by atoms with Gasteiger partial charge in [-0.25, -0.2) is 9.97 Å². The monoisotopic (exact) mass is 229 g/mol. The molecule has 0 aliphatic heterocycles. The second-order valence-electron chi connectivity index (χ2n) is 3.68. The quantitative estimate of drug-likeness (QED) is 0.854. The third-order valence-corrected chi connectivity index (χ3v) is 2.46. The van der Waals surface area contributed by atoms with Gasteiger partial charge >= 0.3 is 0 Å². The van der Waals surface area contributed by atoms with Crippen LogP contribution < -0.4 is 5.32 Å². The van der Waals surface area contributed by atoms with Crippen molar-refractivity contribution in [2.75, 3.05) is 12.4 Å². The molecule has 0 spiro atoms. The Hall–Kier alpha value is -1.94. The molecule has 0 amide bonds. The van der Waals surface area contributed by atoms with Crippen molar-refractivity contribution in [1.29, 1.82) is 0 Å².